The molecular weight excluding hydrogens is 248 g/mol. The number of nitrogens with one attached hydrogen (secondary N) is 1. The van der Waals surface area contributed by atoms with E-state index in [1.54, 1.807) is 6.92 Å². The predicted molar refractivity (Wildman–Crippen MR) is 66.9 cm³/mol. The van der Waals surface area contributed by atoms with E-state index in [1.807, 2.05) is 30.3 Å². The normalized spacial score (nSPS) is 11.8. The minimum absolute atomic E-state index is 0.0405. The van der Waals surface area contributed by atoms with E-state index in [9.17, 15) is 4.79 Å². The lowest BCUT2D eigenvalue weighted by Crippen LogP contribution is -2.27. The summed E-state index contributed by atoms with van der Waals surface area (Å²) in [6.07, 6.45) is -0.562. The van der Waals surface area contributed by atoms with Gasteiger partial charge in [0.05, 0.1) is 0 Å². The van der Waals surface area contributed by atoms with Crippen molar-refractivity contribution in [1.29, 1.82) is 0 Å². The van der Waals surface area contributed by atoms with Gasteiger partial charge in [-0.3, -0.25) is 0 Å². The molecule has 2 rings (SSSR count). The van der Waals surface area contributed by atoms with Crippen LogP contribution in [0, 0.1) is 0 Å². The van der Waals surface area contributed by atoms with E-state index >= 15 is 0 Å². The van der Waals surface area contributed by atoms with Gasteiger partial charge in [-0.05, 0) is 12.5 Å². The number of nitrogen functional groups attached to an aromatic ring is 1. The highest BCUT2D eigenvalue weighted by Crippen LogP contribution is 2.11. The summed E-state index contributed by atoms with van der Waals surface area (Å²) < 4.78 is 10.1. The molecule has 0 saturated heterocycles. The molecule has 7 heteroatoms. The molecule has 0 aliphatic rings. The number of aromatic nitrogens is 2. The van der Waals surface area contributed by atoms with Crippen molar-refractivity contribution in [3.63, 3.8) is 0 Å². The SMILES string of the molecule is C[C@H](NC(=O)OCc1ccccc1)c1nnc(N)o1. The first-order chi connectivity index (χ1) is 9.15. The highest BCUT2D eigenvalue weighted by molar-refractivity contribution is 5.67. The largest absolute Gasteiger partial charge is 0.445 e. The van der Waals surface area contributed by atoms with Crippen LogP contribution in [-0.2, 0) is 11.3 Å². The Morgan fingerprint density at radius 1 is 1.42 bits per heavy atom. The lowest BCUT2D eigenvalue weighted by molar-refractivity contribution is 0.135. The van der Waals surface area contributed by atoms with E-state index in [0.29, 0.717) is 0 Å². The van der Waals surface area contributed by atoms with Crippen molar-refractivity contribution in [3.05, 3.63) is 41.8 Å². The van der Waals surface area contributed by atoms with Gasteiger partial charge in [0.2, 0.25) is 5.89 Å². The van der Waals surface area contributed by atoms with E-state index in [2.05, 4.69) is 15.5 Å². The summed E-state index contributed by atoms with van der Waals surface area (Å²) in [6.45, 7) is 1.89. The van der Waals surface area contributed by atoms with Gasteiger partial charge in [-0.25, -0.2) is 4.79 Å². The first kappa shape index (κ1) is 12.9. The van der Waals surface area contributed by atoms with Crippen molar-refractivity contribution in [2.45, 2.75) is 19.6 Å². The van der Waals surface area contributed by atoms with E-state index in [4.69, 9.17) is 14.9 Å². The van der Waals surface area contributed by atoms with E-state index in [-0.39, 0.29) is 18.5 Å². The Kier molecular flexibility index (Phi) is 3.97. The second-order valence-corrected chi connectivity index (χ2v) is 3.91. The number of carbonyl (C=O) groups is 1. The standard InChI is InChI=1S/C12H14N4O3/c1-8(10-15-16-11(13)19-10)14-12(17)18-7-9-5-3-2-4-6-9/h2-6,8H,7H2,1H3,(H2,13,16)(H,14,17)/t8-/m0/s1. The zero-order valence-electron chi connectivity index (χ0n) is 10.4. The Morgan fingerprint density at radius 2 is 2.16 bits per heavy atom. The molecule has 1 amide bonds. The van der Waals surface area contributed by atoms with E-state index in [1.165, 1.54) is 0 Å². The fraction of sp³-hybridized carbons (Fsp3) is 0.250. The number of amides is 1. The molecule has 7 nitrogen and oxygen atoms in total. The molecule has 0 saturated carbocycles. The highest BCUT2D eigenvalue weighted by atomic mass is 16.5. The van der Waals surface area contributed by atoms with Crippen molar-refractivity contribution in [2.24, 2.45) is 0 Å². The first-order valence-corrected chi connectivity index (χ1v) is 5.71. The van der Waals surface area contributed by atoms with Gasteiger partial charge < -0.3 is 20.2 Å². The van der Waals surface area contributed by atoms with Crippen molar-refractivity contribution >= 4 is 12.1 Å². The molecule has 0 unspecified atom stereocenters. The number of hydrogen-bond donors (Lipinski definition) is 2. The molecule has 0 bridgehead atoms. The summed E-state index contributed by atoms with van der Waals surface area (Å²) >= 11 is 0. The van der Waals surface area contributed by atoms with Crippen molar-refractivity contribution < 1.29 is 13.9 Å². The predicted octanol–water partition coefficient (Wildman–Crippen LogP) is 1.64. The number of nitrogens with two attached hydrogens (primary N) is 1. The molecule has 1 atom stereocenters. The van der Waals surface area contributed by atoms with Gasteiger partial charge in [0, 0.05) is 0 Å². The van der Waals surface area contributed by atoms with Gasteiger partial charge in [-0.2, -0.15) is 0 Å². The van der Waals surface area contributed by atoms with Crippen LogP contribution in [-0.4, -0.2) is 16.3 Å². The number of carbonyl (C=O) groups excluding carboxylic acids is 1. The van der Waals surface area contributed by atoms with Crippen LogP contribution in [0.4, 0.5) is 10.8 Å². The van der Waals surface area contributed by atoms with Crippen molar-refractivity contribution in [2.75, 3.05) is 5.73 Å². The summed E-state index contributed by atoms with van der Waals surface area (Å²) in [4.78, 5) is 11.6. The Labute approximate surface area is 109 Å². The molecule has 1 aromatic heterocycles. The van der Waals surface area contributed by atoms with Crippen LogP contribution in [0.3, 0.4) is 0 Å². The van der Waals surface area contributed by atoms with Gasteiger partial charge in [0.15, 0.2) is 0 Å². The number of rotatable bonds is 4. The topological polar surface area (TPSA) is 103 Å². The molecule has 0 fully saturated rings. The lowest BCUT2D eigenvalue weighted by Gasteiger charge is -2.10. The van der Waals surface area contributed by atoms with E-state index in [0.717, 1.165) is 5.56 Å². The third-order valence-corrected chi connectivity index (χ3v) is 2.37. The maximum atomic E-state index is 11.6. The fourth-order valence-corrected chi connectivity index (χ4v) is 1.42. The van der Waals surface area contributed by atoms with Crippen LogP contribution in [0.5, 0.6) is 0 Å². The zero-order chi connectivity index (χ0) is 13.7. The average molecular weight is 262 g/mol. The van der Waals surface area contributed by atoms with Crippen LogP contribution >= 0.6 is 0 Å². The zero-order valence-corrected chi connectivity index (χ0v) is 10.4. The fourth-order valence-electron chi connectivity index (χ4n) is 1.42. The number of benzene rings is 1. The Morgan fingerprint density at radius 3 is 2.79 bits per heavy atom. The number of hydrogen-bond acceptors (Lipinski definition) is 6. The third kappa shape index (κ3) is 3.70. The molecule has 2 aromatic rings. The Balaban J connectivity index is 1.81. The maximum Gasteiger partial charge on any atom is 0.408 e. The summed E-state index contributed by atoms with van der Waals surface area (Å²) in [5.41, 5.74) is 6.21. The average Bonchev–Trinajstić information content (AvgIpc) is 2.84. The molecule has 3 N–H and O–H groups in total. The molecule has 0 radical (unpaired) electrons. The van der Waals surface area contributed by atoms with Gasteiger partial charge in [0.1, 0.15) is 12.6 Å². The van der Waals surface area contributed by atoms with Crippen molar-refractivity contribution in [1.82, 2.24) is 15.5 Å². The summed E-state index contributed by atoms with van der Waals surface area (Å²) in [6, 6.07) is 8.88. The summed E-state index contributed by atoms with van der Waals surface area (Å²) in [7, 11) is 0. The van der Waals surface area contributed by atoms with Gasteiger partial charge in [0.25, 0.3) is 0 Å². The lowest BCUT2D eigenvalue weighted by atomic mass is 10.2. The van der Waals surface area contributed by atoms with Gasteiger partial charge in [-0.15, -0.1) is 5.10 Å². The van der Waals surface area contributed by atoms with Gasteiger partial charge in [-0.1, -0.05) is 35.4 Å². The molecule has 100 valence electrons. The van der Waals surface area contributed by atoms with Gasteiger partial charge >= 0.3 is 12.1 Å². The van der Waals surface area contributed by atoms with Crippen LogP contribution in [0.1, 0.15) is 24.4 Å². The van der Waals surface area contributed by atoms with Crippen LogP contribution in [0.25, 0.3) is 0 Å². The first-order valence-electron chi connectivity index (χ1n) is 5.71. The molecule has 0 spiro atoms. The Bertz CT molecular complexity index is 541. The molecule has 0 aliphatic carbocycles. The highest BCUT2D eigenvalue weighted by Gasteiger charge is 2.16. The molecule has 0 aliphatic heterocycles. The third-order valence-electron chi connectivity index (χ3n) is 2.37. The van der Waals surface area contributed by atoms with E-state index < -0.39 is 12.1 Å². The number of ether oxygens (including phenoxy) is 1. The van der Waals surface area contributed by atoms with Crippen LogP contribution in [0.15, 0.2) is 34.7 Å². The smallest absolute Gasteiger partial charge is 0.408 e. The monoisotopic (exact) mass is 262 g/mol. The van der Waals surface area contributed by atoms with Crippen LogP contribution < -0.4 is 11.1 Å². The molecular formula is C12H14N4O3. The quantitative estimate of drug-likeness (QED) is 0.868. The summed E-state index contributed by atoms with van der Waals surface area (Å²) in [5.74, 6) is 0.231. The van der Waals surface area contributed by atoms with Crippen molar-refractivity contribution in [3.8, 4) is 0 Å². The second kappa shape index (κ2) is 5.85. The molecule has 1 heterocycles. The minimum Gasteiger partial charge on any atom is -0.445 e. The summed E-state index contributed by atoms with van der Waals surface area (Å²) in [5, 5.41) is 9.75. The molecule has 19 heavy (non-hydrogen) atoms. The molecule has 1 aromatic carbocycles. The second-order valence-electron chi connectivity index (χ2n) is 3.91. The number of nitrogens with zero attached hydrogens (tertiary/aromatic N) is 2. The number of anilines is 1. The minimum atomic E-state index is -0.562. The Hall–Kier alpha value is -2.57. The number of alkyl carbamates (subject to hydrolysis) is 1. The maximum absolute atomic E-state index is 11.6. The van der Waals surface area contributed by atoms with Crippen LogP contribution in [0.2, 0.25) is 0 Å².